The van der Waals surface area contributed by atoms with Crippen LogP contribution in [0.1, 0.15) is 19.4 Å². The van der Waals surface area contributed by atoms with E-state index in [2.05, 4.69) is 15.4 Å². The van der Waals surface area contributed by atoms with Crippen LogP contribution in [0.2, 0.25) is 0 Å². The largest absolute Gasteiger partial charge is 0.394 e. The molecule has 4 aromatic rings. The molecular formula is C23H22F3N5O2. The molecule has 3 heterocycles. The van der Waals surface area contributed by atoms with E-state index in [1.165, 1.54) is 35.3 Å². The Kier molecular flexibility index (Phi) is 6.19. The number of nitrogens with zero attached hydrogens (tertiary/aromatic N) is 4. The third-order valence-electron chi connectivity index (χ3n) is 5.51. The van der Waals surface area contributed by atoms with Gasteiger partial charge in [-0.25, -0.2) is 18.2 Å². The molecule has 0 bridgehead atoms. The number of pyridine rings is 2. The fourth-order valence-electron chi connectivity index (χ4n) is 3.53. The number of aliphatic hydroxyl groups is 1. The molecule has 2 N–H and O–H groups in total. The van der Waals surface area contributed by atoms with Crippen molar-refractivity contribution in [1.82, 2.24) is 19.3 Å². The first-order chi connectivity index (χ1) is 15.8. The Hall–Kier alpha value is -3.66. The lowest BCUT2D eigenvalue weighted by molar-refractivity contribution is 0.249. The Bertz CT molecular complexity index is 1350. The zero-order valence-electron chi connectivity index (χ0n) is 18.0. The topological polar surface area (TPSA) is 85.0 Å². The van der Waals surface area contributed by atoms with E-state index in [1.54, 1.807) is 0 Å². The maximum atomic E-state index is 14.6. The van der Waals surface area contributed by atoms with Crippen molar-refractivity contribution in [2.24, 2.45) is 5.92 Å². The monoisotopic (exact) mass is 457 g/mol. The number of hydrogen-bond donors (Lipinski definition) is 2. The molecule has 1 aromatic carbocycles. The van der Waals surface area contributed by atoms with Gasteiger partial charge in [0.05, 0.1) is 48.2 Å². The van der Waals surface area contributed by atoms with Crippen molar-refractivity contribution in [2.45, 2.75) is 26.4 Å². The molecule has 0 aliphatic rings. The van der Waals surface area contributed by atoms with E-state index in [4.69, 9.17) is 0 Å². The fourth-order valence-corrected chi connectivity index (χ4v) is 3.53. The second kappa shape index (κ2) is 9.07. The van der Waals surface area contributed by atoms with Gasteiger partial charge in [0.1, 0.15) is 17.5 Å². The minimum Gasteiger partial charge on any atom is -0.394 e. The molecule has 4 rings (SSSR count). The summed E-state index contributed by atoms with van der Waals surface area (Å²) in [4.78, 5) is 17.1. The second-order valence-electron chi connectivity index (χ2n) is 7.99. The summed E-state index contributed by atoms with van der Waals surface area (Å²) in [6.07, 6.45) is 3.65. The van der Waals surface area contributed by atoms with Gasteiger partial charge in [-0.2, -0.15) is 5.10 Å². The normalized spacial score (nSPS) is 12.5. The number of hydrogen-bond acceptors (Lipinski definition) is 5. The molecule has 0 unspecified atom stereocenters. The molecule has 0 fully saturated rings. The molecular weight excluding hydrogens is 435 g/mol. The third-order valence-corrected chi connectivity index (χ3v) is 5.51. The van der Waals surface area contributed by atoms with Crippen LogP contribution in [-0.4, -0.2) is 37.1 Å². The minimum absolute atomic E-state index is 0.0345. The highest BCUT2D eigenvalue weighted by atomic mass is 19.1. The zero-order chi connectivity index (χ0) is 23.7. The summed E-state index contributed by atoms with van der Waals surface area (Å²) in [6, 6.07) is 6.18. The van der Waals surface area contributed by atoms with Gasteiger partial charge in [-0.1, -0.05) is 19.9 Å². The van der Waals surface area contributed by atoms with Crippen molar-refractivity contribution in [3.8, 4) is 5.69 Å². The fraction of sp³-hybridized carbons (Fsp3) is 0.261. The van der Waals surface area contributed by atoms with Gasteiger partial charge in [0.2, 0.25) is 0 Å². The first kappa shape index (κ1) is 22.5. The van der Waals surface area contributed by atoms with Crippen LogP contribution < -0.4 is 10.9 Å². The summed E-state index contributed by atoms with van der Waals surface area (Å²) in [5.74, 6) is -1.75. The quantitative estimate of drug-likeness (QED) is 0.444. The van der Waals surface area contributed by atoms with E-state index in [1.807, 2.05) is 13.8 Å². The molecule has 0 saturated carbocycles. The molecule has 0 aliphatic carbocycles. The van der Waals surface area contributed by atoms with Gasteiger partial charge in [0.25, 0.3) is 5.56 Å². The number of rotatable bonds is 7. The molecule has 7 nitrogen and oxygen atoms in total. The lowest BCUT2D eigenvalue weighted by Gasteiger charge is -2.21. The van der Waals surface area contributed by atoms with E-state index in [0.717, 1.165) is 22.9 Å². The molecule has 0 amide bonds. The Labute approximate surface area is 187 Å². The maximum Gasteiger partial charge on any atom is 0.266 e. The molecule has 172 valence electrons. The standard InChI is InChI=1S/C23H22F3N5O2/c1-13(2)19(12-32)29-22-8-21(18(26)10-27-22)30-7-6-20-14(23(30)33)9-28-31(20)11-15-16(24)4-3-5-17(15)25/h3-10,13,19,32H,11-12H2,1-2H3,(H,27,29)/t19-/m1/s1. The number of halogens is 3. The maximum absolute atomic E-state index is 14.6. The Balaban J connectivity index is 1.73. The van der Waals surface area contributed by atoms with Crippen molar-refractivity contribution < 1.29 is 18.3 Å². The molecule has 10 heteroatoms. The number of fused-ring (bicyclic) bond motifs is 1. The van der Waals surface area contributed by atoms with Crippen LogP contribution in [0.25, 0.3) is 16.6 Å². The minimum atomic E-state index is -0.715. The van der Waals surface area contributed by atoms with E-state index < -0.39 is 23.0 Å². The van der Waals surface area contributed by atoms with Crippen molar-refractivity contribution in [2.75, 3.05) is 11.9 Å². The van der Waals surface area contributed by atoms with Crippen LogP contribution in [0.15, 0.2) is 53.7 Å². The van der Waals surface area contributed by atoms with Gasteiger partial charge in [0.15, 0.2) is 5.82 Å². The highest BCUT2D eigenvalue weighted by Crippen LogP contribution is 2.20. The molecule has 0 spiro atoms. The number of nitrogens with one attached hydrogen (secondary N) is 1. The molecule has 33 heavy (non-hydrogen) atoms. The van der Waals surface area contributed by atoms with Crippen LogP contribution in [0, 0.1) is 23.4 Å². The van der Waals surface area contributed by atoms with E-state index >= 15 is 0 Å². The third kappa shape index (κ3) is 4.34. The highest BCUT2D eigenvalue weighted by Gasteiger charge is 2.17. The number of aromatic nitrogens is 4. The predicted octanol–water partition coefficient (Wildman–Crippen LogP) is 3.48. The first-order valence-electron chi connectivity index (χ1n) is 10.3. The van der Waals surface area contributed by atoms with Crippen molar-refractivity contribution in [3.05, 3.63) is 82.3 Å². The summed E-state index contributed by atoms with van der Waals surface area (Å²) in [5, 5.41) is 16.8. The second-order valence-corrected chi connectivity index (χ2v) is 7.99. The van der Waals surface area contributed by atoms with Gasteiger partial charge in [-0.05, 0) is 24.1 Å². The van der Waals surface area contributed by atoms with Crippen LogP contribution in [0.4, 0.5) is 19.0 Å². The van der Waals surface area contributed by atoms with Gasteiger partial charge in [0, 0.05) is 17.8 Å². The van der Waals surface area contributed by atoms with Gasteiger partial charge >= 0.3 is 0 Å². The van der Waals surface area contributed by atoms with Crippen molar-refractivity contribution in [3.63, 3.8) is 0 Å². The number of anilines is 1. The summed E-state index contributed by atoms with van der Waals surface area (Å²) in [5.41, 5.74) is -0.405. The van der Waals surface area contributed by atoms with Crippen LogP contribution in [0.3, 0.4) is 0 Å². The number of benzene rings is 1. The smallest absolute Gasteiger partial charge is 0.266 e. The van der Waals surface area contributed by atoms with E-state index in [0.29, 0.717) is 11.3 Å². The Morgan fingerprint density at radius 3 is 2.48 bits per heavy atom. The number of aliphatic hydroxyl groups excluding tert-OH is 1. The molecule has 1 atom stereocenters. The van der Waals surface area contributed by atoms with Gasteiger partial charge in [-0.3, -0.25) is 14.0 Å². The first-order valence-corrected chi connectivity index (χ1v) is 10.3. The van der Waals surface area contributed by atoms with Crippen molar-refractivity contribution in [1.29, 1.82) is 0 Å². The van der Waals surface area contributed by atoms with Gasteiger partial charge < -0.3 is 10.4 Å². The lowest BCUT2D eigenvalue weighted by Crippen LogP contribution is -2.30. The van der Waals surface area contributed by atoms with Crippen LogP contribution in [0.5, 0.6) is 0 Å². The summed E-state index contributed by atoms with van der Waals surface area (Å²) < 4.78 is 45.1. The SMILES string of the molecule is CC(C)[C@@H](CO)Nc1cc(-n2ccc3c(cnn3Cc3c(F)cccc3F)c2=O)c(F)cn1. The molecule has 0 saturated heterocycles. The zero-order valence-corrected chi connectivity index (χ0v) is 18.0. The Morgan fingerprint density at radius 1 is 1.09 bits per heavy atom. The lowest BCUT2D eigenvalue weighted by atomic mass is 10.1. The summed E-state index contributed by atoms with van der Waals surface area (Å²) in [7, 11) is 0. The summed E-state index contributed by atoms with van der Waals surface area (Å²) >= 11 is 0. The average molecular weight is 457 g/mol. The van der Waals surface area contributed by atoms with Crippen LogP contribution in [-0.2, 0) is 6.54 Å². The Morgan fingerprint density at radius 2 is 1.82 bits per heavy atom. The molecule has 0 aliphatic heterocycles. The highest BCUT2D eigenvalue weighted by molar-refractivity contribution is 5.78. The molecule has 0 radical (unpaired) electrons. The summed E-state index contributed by atoms with van der Waals surface area (Å²) in [6.45, 7) is 3.49. The predicted molar refractivity (Wildman–Crippen MR) is 118 cm³/mol. The van der Waals surface area contributed by atoms with Crippen LogP contribution >= 0.6 is 0 Å². The molecule has 3 aromatic heterocycles. The van der Waals surface area contributed by atoms with E-state index in [9.17, 15) is 23.1 Å². The average Bonchev–Trinajstić information content (AvgIpc) is 3.19. The van der Waals surface area contributed by atoms with Gasteiger partial charge in [-0.15, -0.1) is 0 Å². The van der Waals surface area contributed by atoms with E-state index in [-0.39, 0.29) is 41.7 Å². The van der Waals surface area contributed by atoms with Crippen molar-refractivity contribution >= 4 is 16.7 Å².